The maximum Gasteiger partial charge on any atom is 0.268 e. The van der Waals surface area contributed by atoms with Crippen LogP contribution in [0.2, 0.25) is 5.02 Å². The number of carbonyl (C=O) groups is 1. The SMILES string of the molecule is CC(C)n1cc(C(N)=O)nc1-c1cccc(Cl)c1. The number of imidazole rings is 1. The summed E-state index contributed by atoms with van der Waals surface area (Å²) in [5.41, 5.74) is 6.39. The summed E-state index contributed by atoms with van der Waals surface area (Å²) >= 11 is 5.97. The Bertz CT molecular complexity index is 590. The summed E-state index contributed by atoms with van der Waals surface area (Å²) in [5.74, 6) is 0.166. The quantitative estimate of drug-likeness (QED) is 0.926. The molecule has 1 aromatic heterocycles. The third-order valence-corrected chi connectivity index (χ3v) is 2.86. The molecule has 5 heteroatoms. The number of primary amides is 1. The lowest BCUT2D eigenvalue weighted by molar-refractivity contribution is 0.0996. The molecule has 1 heterocycles. The van der Waals surface area contributed by atoms with Crippen LogP contribution in [0.1, 0.15) is 30.4 Å². The Morgan fingerprint density at radius 3 is 2.72 bits per heavy atom. The molecule has 0 spiro atoms. The first kappa shape index (κ1) is 12.6. The summed E-state index contributed by atoms with van der Waals surface area (Å²) in [5, 5.41) is 0.631. The molecule has 18 heavy (non-hydrogen) atoms. The number of rotatable bonds is 3. The van der Waals surface area contributed by atoms with Crippen molar-refractivity contribution in [2.24, 2.45) is 5.73 Å². The van der Waals surface area contributed by atoms with Gasteiger partial charge in [-0.2, -0.15) is 0 Å². The van der Waals surface area contributed by atoms with E-state index < -0.39 is 5.91 Å². The molecule has 0 aliphatic rings. The smallest absolute Gasteiger partial charge is 0.268 e. The van der Waals surface area contributed by atoms with E-state index in [4.69, 9.17) is 17.3 Å². The molecule has 0 unspecified atom stereocenters. The van der Waals surface area contributed by atoms with Gasteiger partial charge < -0.3 is 10.3 Å². The fourth-order valence-corrected chi connectivity index (χ4v) is 1.94. The molecule has 0 radical (unpaired) electrons. The molecule has 1 aromatic carbocycles. The monoisotopic (exact) mass is 263 g/mol. The third kappa shape index (κ3) is 2.38. The zero-order valence-corrected chi connectivity index (χ0v) is 11.0. The average Bonchev–Trinajstić information content (AvgIpc) is 2.73. The van der Waals surface area contributed by atoms with E-state index in [9.17, 15) is 4.79 Å². The summed E-state index contributed by atoms with van der Waals surface area (Å²) in [6.07, 6.45) is 1.67. The fourth-order valence-electron chi connectivity index (χ4n) is 1.75. The molecule has 2 N–H and O–H groups in total. The highest BCUT2D eigenvalue weighted by molar-refractivity contribution is 6.30. The summed E-state index contributed by atoms with van der Waals surface area (Å²) in [4.78, 5) is 15.5. The van der Waals surface area contributed by atoms with Crippen LogP contribution in [-0.4, -0.2) is 15.5 Å². The van der Waals surface area contributed by atoms with Crippen LogP contribution in [-0.2, 0) is 0 Å². The average molecular weight is 264 g/mol. The van der Waals surface area contributed by atoms with Gasteiger partial charge >= 0.3 is 0 Å². The molecule has 2 rings (SSSR count). The van der Waals surface area contributed by atoms with E-state index in [1.807, 2.05) is 36.6 Å². The maximum absolute atomic E-state index is 11.2. The molecule has 0 bridgehead atoms. The Balaban J connectivity index is 2.58. The van der Waals surface area contributed by atoms with E-state index in [1.165, 1.54) is 0 Å². The summed E-state index contributed by atoms with van der Waals surface area (Å²) in [6, 6.07) is 7.54. The van der Waals surface area contributed by atoms with Gasteiger partial charge in [0.05, 0.1) is 0 Å². The summed E-state index contributed by atoms with van der Waals surface area (Å²) in [6.45, 7) is 4.03. The number of nitrogens with zero attached hydrogens (tertiary/aromatic N) is 2. The predicted molar refractivity (Wildman–Crippen MR) is 71.6 cm³/mol. The molecular formula is C13H14ClN3O. The highest BCUT2D eigenvalue weighted by atomic mass is 35.5. The van der Waals surface area contributed by atoms with Gasteiger partial charge in [-0.05, 0) is 26.0 Å². The standard InChI is InChI=1S/C13H14ClN3O/c1-8(2)17-7-11(12(15)18)16-13(17)9-4-3-5-10(14)6-9/h3-8H,1-2H3,(H2,15,18). The molecule has 1 amide bonds. The lowest BCUT2D eigenvalue weighted by Crippen LogP contribution is -2.11. The summed E-state index contributed by atoms with van der Waals surface area (Å²) in [7, 11) is 0. The highest BCUT2D eigenvalue weighted by Crippen LogP contribution is 2.24. The van der Waals surface area contributed by atoms with Crippen LogP contribution in [0.15, 0.2) is 30.5 Å². The number of hydrogen-bond acceptors (Lipinski definition) is 2. The maximum atomic E-state index is 11.2. The van der Waals surface area contributed by atoms with Gasteiger partial charge in [-0.25, -0.2) is 4.98 Å². The largest absolute Gasteiger partial charge is 0.364 e. The Morgan fingerprint density at radius 1 is 1.44 bits per heavy atom. The second-order valence-electron chi connectivity index (χ2n) is 4.33. The molecule has 0 saturated heterocycles. The van der Waals surface area contributed by atoms with Crippen LogP contribution in [0, 0.1) is 0 Å². The topological polar surface area (TPSA) is 60.9 Å². The minimum absolute atomic E-state index is 0.180. The molecule has 94 valence electrons. The first-order chi connectivity index (χ1) is 8.49. The van der Waals surface area contributed by atoms with Gasteiger partial charge in [-0.3, -0.25) is 4.79 Å². The number of carbonyl (C=O) groups excluding carboxylic acids is 1. The Morgan fingerprint density at radius 2 is 2.17 bits per heavy atom. The number of aromatic nitrogens is 2. The zero-order chi connectivity index (χ0) is 13.3. The van der Waals surface area contributed by atoms with E-state index >= 15 is 0 Å². The summed E-state index contributed by atoms with van der Waals surface area (Å²) < 4.78 is 1.91. The van der Waals surface area contributed by atoms with Gasteiger partial charge in [-0.15, -0.1) is 0 Å². The van der Waals surface area contributed by atoms with Crippen molar-refractivity contribution in [2.45, 2.75) is 19.9 Å². The Labute approximate surface area is 110 Å². The number of hydrogen-bond donors (Lipinski definition) is 1. The van der Waals surface area contributed by atoms with Crippen molar-refractivity contribution in [3.05, 3.63) is 41.2 Å². The van der Waals surface area contributed by atoms with E-state index in [-0.39, 0.29) is 11.7 Å². The van der Waals surface area contributed by atoms with Gasteiger partial charge in [0.2, 0.25) is 0 Å². The molecule has 4 nitrogen and oxygen atoms in total. The van der Waals surface area contributed by atoms with Crippen LogP contribution in [0.25, 0.3) is 11.4 Å². The zero-order valence-electron chi connectivity index (χ0n) is 10.2. The predicted octanol–water partition coefficient (Wildman–Crippen LogP) is 2.88. The van der Waals surface area contributed by atoms with E-state index in [0.717, 1.165) is 5.56 Å². The van der Waals surface area contributed by atoms with Gasteiger partial charge in [-0.1, -0.05) is 23.7 Å². The number of nitrogens with two attached hydrogens (primary N) is 1. The van der Waals surface area contributed by atoms with Crippen LogP contribution in [0.5, 0.6) is 0 Å². The van der Waals surface area contributed by atoms with Crippen molar-refractivity contribution < 1.29 is 4.79 Å². The molecule has 0 aliphatic heterocycles. The van der Waals surface area contributed by atoms with Crippen molar-refractivity contribution in [3.8, 4) is 11.4 Å². The van der Waals surface area contributed by atoms with Gasteiger partial charge in [0, 0.05) is 22.8 Å². The normalized spacial score (nSPS) is 10.9. The minimum atomic E-state index is -0.530. The molecule has 0 aliphatic carbocycles. The first-order valence-corrected chi connectivity index (χ1v) is 6.01. The number of halogens is 1. The second-order valence-corrected chi connectivity index (χ2v) is 4.76. The molecular weight excluding hydrogens is 250 g/mol. The highest BCUT2D eigenvalue weighted by Gasteiger charge is 2.15. The Kier molecular flexibility index (Phi) is 3.39. The van der Waals surface area contributed by atoms with Gasteiger partial charge in [0.1, 0.15) is 11.5 Å². The van der Waals surface area contributed by atoms with Crippen molar-refractivity contribution in [1.82, 2.24) is 9.55 Å². The third-order valence-electron chi connectivity index (χ3n) is 2.62. The number of benzene rings is 1. The fraction of sp³-hybridized carbons (Fsp3) is 0.231. The molecule has 0 fully saturated rings. The first-order valence-electron chi connectivity index (χ1n) is 5.63. The van der Waals surface area contributed by atoms with Crippen LogP contribution in [0.4, 0.5) is 0 Å². The van der Waals surface area contributed by atoms with Crippen LogP contribution >= 0.6 is 11.6 Å². The van der Waals surface area contributed by atoms with Gasteiger partial charge in [0.15, 0.2) is 0 Å². The van der Waals surface area contributed by atoms with Gasteiger partial charge in [0.25, 0.3) is 5.91 Å². The van der Waals surface area contributed by atoms with Crippen molar-refractivity contribution in [1.29, 1.82) is 0 Å². The van der Waals surface area contributed by atoms with Crippen molar-refractivity contribution in [3.63, 3.8) is 0 Å². The van der Waals surface area contributed by atoms with Crippen LogP contribution < -0.4 is 5.73 Å². The number of amides is 1. The molecule has 0 saturated carbocycles. The molecule has 2 aromatic rings. The lowest BCUT2D eigenvalue weighted by atomic mass is 10.2. The minimum Gasteiger partial charge on any atom is -0.364 e. The van der Waals surface area contributed by atoms with E-state index in [1.54, 1.807) is 12.3 Å². The van der Waals surface area contributed by atoms with Crippen molar-refractivity contribution >= 4 is 17.5 Å². The van der Waals surface area contributed by atoms with E-state index in [2.05, 4.69) is 4.98 Å². The second kappa shape index (κ2) is 4.82. The van der Waals surface area contributed by atoms with Crippen molar-refractivity contribution in [2.75, 3.05) is 0 Å². The Hall–Kier alpha value is -1.81. The molecule has 0 atom stereocenters. The lowest BCUT2D eigenvalue weighted by Gasteiger charge is -2.11. The van der Waals surface area contributed by atoms with E-state index in [0.29, 0.717) is 10.8 Å². The van der Waals surface area contributed by atoms with Crippen LogP contribution in [0.3, 0.4) is 0 Å².